The molecule has 0 bridgehead atoms. The van der Waals surface area contributed by atoms with Crippen molar-refractivity contribution in [1.29, 1.82) is 0 Å². The van der Waals surface area contributed by atoms with Crippen LogP contribution in [0.25, 0.3) is 0 Å². The van der Waals surface area contributed by atoms with E-state index in [0.717, 1.165) is 18.2 Å². The van der Waals surface area contributed by atoms with E-state index in [1.807, 2.05) is 6.92 Å². The van der Waals surface area contributed by atoms with Gasteiger partial charge < -0.3 is 5.32 Å². The standard InChI is InChI=1S/C13H17BrFNO/c1-2-12(6-7-14)16-13(17)9-10-4-3-5-11(15)8-10/h3-5,8,12H,2,6-7,9H2,1H3,(H,16,17). The van der Waals surface area contributed by atoms with Gasteiger partial charge in [0.2, 0.25) is 5.91 Å². The largest absolute Gasteiger partial charge is 0.353 e. The number of nitrogens with one attached hydrogen (secondary N) is 1. The van der Waals surface area contributed by atoms with Gasteiger partial charge in [0.1, 0.15) is 5.82 Å². The van der Waals surface area contributed by atoms with Crippen LogP contribution in [0.1, 0.15) is 25.3 Å². The Morgan fingerprint density at radius 3 is 2.88 bits per heavy atom. The molecular formula is C13H17BrFNO. The summed E-state index contributed by atoms with van der Waals surface area (Å²) in [6.45, 7) is 2.04. The summed E-state index contributed by atoms with van der Waals surface area (Å²) in [6, 6.07) is 6.34. The van der Waals surface area contributed by atoms with Crippen LogP contribution in [0.15, 0.2) is 24.3 Å². The number of hydrogen-bond acceptors (Lipinski definition) is 1. The minimum absolute atomic E-state index is 0.0524. The van der Waals surface area contributed by atoms with Gasteiger partial charge in [-0.2, -0.15) is 0 Å². The van der Waals surface area contributed by atoms with E-state index in [2.05, 4.69) is 21.2 Å². The van der Waals surface area contributed by atoms with Crippen LogP contribution in [0.2, 0.25) is 0 Å². The number of carbonyl (C=O) groups is 1. The van der Waals surface area contributed by atoms with Gasteiger partial charge in [-0.05, 0) is 30.5 Å². The molecule has 1 N–H and O–H groups in total. The van der Waals surface area contributed by atoms with Crippen LogP contribution in [0.3, 0.4) is 0 Å². The van der Waals surface area contributed by atoms with E-state index in [1.54, 1.807) is 12.1 Å². The van der Waals surface area contributed by atoms with Crippen molar-refractivity contribution in [2.24, 2.45) is 0 Å². The molecule has 0 aliphatic carbocycles. The number of carbonyl (C=O) groups excluding carboxylic acids is 1. The van der Waals surface area contributed by atoms with Crippen molar-refractivity contribution in [3.05, 3.63) is 35.6 Å². The zero-order valence-corrected chi connectivity index (χ0v) is 11.5. The lowest BCUT2D eigenvalue weighted by Crippen LogP contribution is -2.35. The summed E-state index contributed by atoms with van der Waals surface area (Å²) in [5, 5.41) is 3.81. The van der Waals surface area contributed by atoms with E-state index >= 15 is 0 Å². The summed E-state index contributed by atoms with van der Waals surface area (Å²) in [5.74, 6) is -0.355. The van der Waals surface area contributed by atoms with Gasteiger partial charge in [0, 0.05) is 11.4 Å². The van der Waals surface area contributed by atoms with E-state index in [1.165, 1.54) is 12.1 Å². The molecule has 2 nitrogen and oxygen atoms in total. The summed E-state index contributed by atoms with van der Waals surface area (Å²) in [5.41, 5.74) is 0.705. The Kier molecular flexibility index (Phi) is 6.19. The first-order chi connectivity index (χ1) is 8.15. The highest BCUT2D eigenvalue weighted by molar-refractivity contribution is 9.09. The molecule has 1 aromatic carbocycles. The fraction of sp³-hybridized carbons (Fsp3) is 0.462. The minimum atomic E-state index is -0.303. The number of amides is 1. The Hall–Kier alpha value is -0.900. The predicted molar refractivity (Wildman–Crippen MR) is 70.7 cm³/mol. The smallest absolute Gasteiger partial charge is 0.224 e. The van der Waals surface area contributed by atoms with Crippen molar-refractivity contribution in [3.63, 3.8) is 0 Å². The molecule has 0 fully saturated rings. The molecule has 1 unspecified atom stereocenters. The van der Waals surface area contributed by atoms with Crippen molar-refractivity contribution < 1.29 is 9.18 Å². The van der Waals surface area contributed by atoms with Gasteiger partial charge >= 0.3 is 0 Å². The van der Waals surface area contributed by atoms with Crippen LogP contribution in [0.5, 0.6) is 0 Å². The number of rotatable bonds is 6. The summed E-state index contributed by atoms with van der Waals surface area (Å²) < 4.78 is 12.9. The van der Waals surface area contributed by atoms with Crippen LogP contribution in [0, 0.1) is 5.82 Å². The van der Waals surface area contributed by atoms with Gasteiger partial charge in [0.25, 0.3) is 0 Å². The molecule has 1 amide bonds. The maximum Gasteiger partial charge on any atom is 0.224 e. The molecule has 0 aliphatic heterocycles. The molecule has 1 rings (SSSR count). The summed E-state index contributed by atoms with van der Waals surface area (Å²) in [7, 11) is 0. The van der Waals surface area contributed by atoms with E-state index in [9.17, 15) is 9.18 Å². The molecule has 1 atom stereocenters. The molecule has 0 saturated heterocycles. The van der Waals surface area contributed by atoms with Gasteiger partial charge in [-0.15, -0.1) is 0 Å². The number of hydrogen-bond donors (Lipinski definition) is 1. The van der Waals surface area contributed by atoms with Crippen LogP contribution in [0.4, 0.5) is 4.39 Å². The highest BCUT2D eigenvalue weighted by Gasteiger charge is 2.10. The molecule has 4 heteroatoms. The molecule has 94 valence electrons. The predicted octanol–water partition coefficient (Wildman–Crippen LogP) is 3.05. The zero-order valence-electron chi connectivity index (χ0n) is 9.88. The number of alkyl halides is 1. The quantitative estimate of drug-likeness (QED) is 0.804. The minimum Gasteiger partial charge on any atom is -0.353 e. The average Bonchev–Trinajstić information content (AvgIpc) is 2.28. The van der Waals surface area contributed by atoms with Gasteiger partial charge in [-0.1, -0.05) is 35.0 Å². The van der Waals surface area contributed by atoms with Crippen LogP contribution < -0.4 is 5.32 Å². The van der Waals surface area contributed by atoms with Crippen LogP contribution in [-0.2, 0) is 11.2 Å². The second kappa shape index (κ2) is 7.43. The van der Waals surface area contributed by atoms with Gasteiger partial charge in [0.15, 0.2) is 0 Å². The summed E-state index contributed by atoms with van der Waals surface area (Å²) in [4.78, 5) is 11.7. The first-order valence-electron chi connectivity index (χ1n) is 5.75. The monoisotopic (exact) mass is 301 g/mol. The lowest BCUT2D eigenvalue weighted by atomic mass is 10.1. The lowest BCUT2D eigenvalue weighted by molar-refractivity contribution is -0.121. The zero-order chi connectivity index (χ0) is 12.7. The SMILES string of the molecule is CCC(CCBr)NC(=O)Cc1cccc(F)c1. The molecule has 17 heavy (non-hydrogen) atoms. The Morgan fingerprint density at radius 1 is 1.53 bits per heavy atom. The van der Waals surface area contributed by atoms with Crippen molar-refractivity contribution >= 4 is 21.8 Å². The van der Waals surface area contributed by atoms with Gasteiger partial charge in [-0.3, -0.25) is 4.79 Å². The maximum atomic E-state index is 12.9. The lowest BCUT2D eigenvalue weighted by Gasteiger charge is -2.15. The Bertz CT molecular complexity index is 370. The second-order valence-electron chi connectivity index (χ2n) is 3.96. The van der Waals surface area contributed by atoms with E-state index < -0.39 is 0 Å². The third-order valence-electron chi connectivity index (χ3n) is 2.57. The van der Waals surface area contributed by atoms with Crippen molar-refractivity contribution in [2.45, 2.75) is 32.2 Å². The van der Waals surface area contributed by atoms with Crippen molar-refractivity contribution in [3.8, 4) is 0 Å². The molecular weight excluding hydrogens is 285 g/mol. The fourth-order valence-electron chi connectivity index (χ4n) is 1.62. The molecule has 0 heterocycles. The molecule has 0 aliphatic rings. The Labute approximate surface area is 110 Å². The highest BCUT2D eigenvalue weighted by atomic mass is 79.9. The first-order valence-corrected chi connectivity index (χ1v) is 6.87. The third kappa shape index (κ3) is 5.31. The summed E-state index contributed by atoms with van der Waals surface area (Å²) in [6.07, 6.45) is 2.04. The fourth-order valence-corrected chi connectivity index (χ4v) is 2.17. The van der Waals surface area contributed by atoms with Gasteiger partial charge in [-0.25, -0.2) is 4.39 Å². The number of halogens is 2. The van der Waals surface area contributed by atoms with Crippen LogP contribution in [-0.4, -0.2) is 17.3 Å². The molecule has 0 saturated carbocycles. The highest BCUT2D eigenvalue weighted by Crippen LogP contribution is 2.06. The maximum absolute atomic E-state index is 12.9. The number of benzene rings is 1. The van der Waals surface area contributed by atoms with E-state index in [-0.39, 0.29) is 24.2 Å². The Balaban J connectivity index is 2.49. The molecule has 0 aromatic heterocycles. The van der Waals surface area contributed by atoms with Crippen molar-refractivity contribution in [2.75, 3.05) is 5.33 Å². The second-order valence-corrected chi connectivity index (χ2v) is 4.75. The van der Waals surface area contributed by atoms with E-state index in [0.29, 0.717) is 5.56 Å². The first kappa shape index (κ1) is 14.2. The van der Waals surface area contributed by atoms with Gasteiger partial charge in [0.05, 0.1) is 6.42 Å². The van der Waals surface area contributed by atoms with Crippen molar-refractivity contribution in [1.82, 2.24) is 5.32 Å². The third-order valence-corrected chi connectivity index (χ3v) is 3.03. The molecule has 1 aromatic rings. The summed E-state index contributed by atoms with van der Waals surface area (Å²) >= 11 is 3.36. The normalized spacial score (nSPS) is 12.2. The van der Waals surface area contributed by atoms with E-state index in [4.69, 9.17) is 0 Å². The average molecular weight is 302 g/mol. The van der Waals surface area contributed by atoms with Crippen LogP contribution >= 0.6 is 15.9 Å². The Morgan fingerprint density at radius 2 is 2.29 bits per heavy atom. The molecule has 0 radical (unpaired) electrons. The topological polar surface area (TPSA) is 29.1 Å². The molecule has 0 spiro atoms.